The van der Waals surface area contributed by atoms with Gasteiger partial charge in [0.05, 0.1) is 11.4 Å². The summed E-state index contributed by atoms with van der Waals surface area (Å²) >= 11 is 12.1. The second-order valence-corrected chi connectivity index (χ2v) is 7.45. The molecule has 2 unspecified atom stereocenters. The number of amides is 2. The smallest absolute Gasteiger partial charge is 0.243 e. The first-order chi connectivity index (χ1) is 10.6. The van der Waals surface area contributed by atoms with Crippen LogP contribution >= 0.6 is 36.0 Å². The summed E-state index contributed by atoms with van der Waals surface area (Å²) in [5, 5.41) is 2.32. The molecule has 2 aliphatic heterocycles. The van der Waals surface area contributed by atoms with Crippen molar-refractivity contribution in [3.8, 4) is 0 Å². The number of carbonyl (C=O) groups excluding carboxylic acids is 2. The van der Waals surface area contributed by atoms with Crippen molar-refractivity contribution in [3.05, 3.63) is 29.3 Å². The fraction of sp³-hybridized carbons (Fsp3) is 0.467. The highest BCUT2D eigenvalue weighted by Crippen LogP contribution is 2.40. The number of fused-ring (bicyclic) bond motifs is 1. The van der Waals surface area contributed by atoms with Gasteiger partial charge in [-0.25, -0.2) is 0 Å². The fourth-order valence-corrected chi connectivity index (χ4v) is 4.39. The van der Waals surface area contributed by atoms with Gasteiger partial charge in [-0.3, -0.25) is 19.8 Å². The Kier molecular flexibility index (Phi) is 5.02. The van der Waals surface area contributed by atoms with E-state index in [-0.39, 0.29) is 23.2 Å². The van der Waals surface area contributed by atoms with Crippen LogP contribution in [0.1, 0.15) is 29.3 Å². The molecule has 4 nitrogen and oxygen atoms in total. The van der Waals surface area contributed by atoms with Crippen molar-refractivity contribution < 1.29 is 9.59 Å². The number of nitrogens with one attached hydrogen (secondary N) is 1. The molecular formula is C15H17ClN2O2S2. The number of thioether (sulfide) groups is 1. The largest absolute Gasteiger partial charge is 0.295 e. The predicted octanol–water partition coefficient (Wildman–Crippen LogP) is 2.57. The van der Waals surface area contributed by atoms with Crippen LogP contribution in [0.15, 0.2) is 23.1 Å². The van der Waals surface area contributed by atoms with Gasteiger partial charge in [0.25, 0.3) is 0 Å². The number of thiol groups is 1. The van der Waals surface area contributed by atoms with Gasteiger partial charge in [0.1, 0.15) is 0 Å². The lowest BCUT2D eigenvalue weighted by atomic mass is 10.0. The Balaban J connectivity index is 1.77. The summed E-state index contributed by atoms with van der Waals surface area (Å²) in [5.41, 5.74) is 2.34. The summed E-state index contributed by atoms with van der Waals surface area (Å²) in [7, 11) is 0. The number of benzene rings is 1. The number of alkyl halides is 1. The molecular weight excluding hydrogens is 340 g/mol. The maximum atomic E-state index is 12.1. The summed E-state index contributed by atoms with van der Waals surface area (Å²) in [6.07, 6.45) is 0.949. The molecule has 1 aromatic carbocycles. The first-order valence-corrected chi connectivity index (χ1v) is 9.23. The fourth-order valence-electron chi connectivity index (χ4n) is 2.96. The maximum absolute atomic E-state index is 12.1. The molecule has 2 aliphatic rings. The molecule has 22 heavy (non-hydrogen) atoms. The summed E-state index contributed by atoms with van der Waals surface area (Å²) in [4.78, 5) is 26.6. The van der Waals surface area contributed by atoms with Crippen LogP contribution in [0.3, 0.4) is 0 Å². The number of imide groups is 1. The van der Waals surface area contributed by atoms with Crippen LogP contribution in [-0.4, -0.2) is 34.4 Å². The average molecular weight is 357 g/mol. The molecule has 0 aliphatic carbocycles. The van der Waals surface area contributed by atoms with E-state index in [4.69, 9.17) is 11.6 Å². The highest BCUT2D eigenvalue weighted by Gasteiger charge is 2.38. The van der Waals surface area contributed by atoms with E-state index in [1.807, 2.05) is 0 Å². The highest BCUT2D eigenvalue weighted by molar-refractivity contribution is 7.99. The van der Waals surface area contributed by atoms with Crippen LogP contribution in [0, 0.1) is 0 Å². The van der Waals surface area contributed by atoms with Crippen molar-refractivity contribution in [2.75, 3.05) is 11.6 Å². The lowest BCUT2D eigenvalue weighted by Gasteiger charge is -2.32. The zero-order chi connectivity index (χ0) is 15.7. The van der Waals surface area contributed by atoms with Gasteiger partial charge < -0.3 is 0 Å². The molecule has 1 saturated heterocycles. The molecule has 2 amide bonds. The van der Waals surface area contributed by atoms with Gasteiger partial charge in [-0.2, -0.15) is 12.6 Å². The Morgan fingerprint density at radius 1 is 1.41 bits per heavy atom. The number of nitrogens with zero attached hydrogens (tertiary/aromatic N) is 1. The van der Waals surface area contributed by atoms with Gasteiger partial charge in [0.2, 0.25) is 11.8 Å². The molecule has 0 saturated carbocycles. The number of carbonyl (C=O) groups is 2. The number of piperidine rings is 1. The van der Waals surface area contributed by atoms with Crippen molar-refractivity contribution >= 4 is 47.8 Å². The van der Waals surface area contributed by atoms with Crippen LogP contribution in [0.5, 0.6) is 0 Å². The van der Waals surface area contributed by atoms with Crippen molar-refractivity contribution in [3.63, 3.8) is 0 Å². The van der Waals surface area contributed by atoms with E-state index >= 15 is 0 Å². The predicted molar refractivity (Wildman–Crippen MR) is 91.3 cm³/mol. The standard InChI is InChI=1S/C15H17ClN2O2S2/c16-5-6-22-10-1-2-11-9(7-10)8-18(15(11)21)12-3-4-13(19)17-14(12)20/h1-2,7,12,15,21H,3-6,8H2,(H,17,19,20). The highest BCUT2D eigenvalue weighted by atomic mass is 35.5. The van der Waals surface area contributed by atoms with Gasteiger partial charge in [0, 0.05) is 29.5 Å². The first kappa shape index (κ1) is 16.2. The van der Waals surface area contributed by atoms with E-state index in [0.717, 1.165) is 11.3 Å². The summed E-state index contributed by atoms with van der Waals surface area (Å²) < 4.78 is 0. The quantitative estimate of drug-likeness (QED) is 0.377. The van der Waals surface area contributed by atoms with E-state index < -0.39 is 0 Å². The van der Waals surface area contributed by atoms with Crippen molar-refractivity contribution in [1.82, 2.24) is 10.2 Å². The number of halogens is 1. The molecule has 0 aromatic heterocycles. The normalized spacial score (nSPS) is 25.2. The number of hydrogen-bond donors (Lipinski definition) is 2. The Morgan fingerprint density at radius 3 is 2.95 bits per heavy atom. The number of rotatable bonds is 4. The third kappa shape index (κ3) is 3.15. The second kappa shape index (κ2) is 6.83. The molecule has 1 fully saturated rings. The van der Waals surface area contributed by atoms with E-state index in [0.29, 0.717) is 25.3 Å². The van der Waals surface area contributed by atoms with Crippen LogP contribution in [0.4, 0.5) is 0 Å². The topological polar surface area (TPSA) is 49.4 Å². The van der Waals surface area contributed by atoms with Crippen LogP contribution < -0.4 is 5.32 Å². The van der Waals surface area contributed by atoms with E-state index in [1.54, 1.807) is 11.8 Å². The third-order valence-electron chi connectivity index (χ3n) is 4.02. The second-order valence-electron chi connectivity index (χ2n) is 5.41. The number of hydrogen-bond acceptors (Lipinski definition) is 5. The van der Waals surface area contributed by atoms with Crippen LogP contribution in [0.2, 0.25) is 0 Å². The van der Waals surface area contributed by atoms with Crippen molar-refractivity contribution in [2.45, 2.75) is 35.7 Å². The van der Waals surface area contributed by atoms with E-state index in [1.165, 1.54) is 10.5 Å². The summed E-state index contributed by atoms with van der Waals surface area (Å²) in [5.74, 6) is 1.11. The van der Waals surface area contributed by atoms with Gasteiger partial charge in [-0.05, 0) is 29.7 Å². The Bertz CT molecular complexity index is 611. The minimum absolute atomic E-state index is 0.106. The van der Waals surface area contributed by atoms with E-state index in [2.05, 4.69) is 41.0 Å². The van der Waals surface area contributed by atoms with Gasteiger partial charge in [-0.15, -0.1) is 23.4 Å². The van der Waals surface area contributed by atoms with Crippen molar-refractivity contribution in [2.24, 2.45) is 0 Å². The summed E-state index contributed by atoms with van der Waals surface area (Å²) in [6, 6.07) is 6.02. The zero-order valence-electron chi connectivity index (χ0n) is 11.9. The Morgan fingerprint density at radius 2 is 2.23 bits per heavy atom. The molecule has 0 spiro atoms. The Labute approximate surface area is 144 Å². The SMILES string of the molecule is O=C1CCC(N2Cc3cc(SCCCl)ccc3C2S)C(=O)N1. The minimum atomic E-state index is -0.286. The summed E-state index contributed by atoms with van der Waals surface area (Å²) in [6.45, 7) is 0.686. The lowest BCUT2D eigenvalue weighted by molar-refractivity contribution is -0.137. The van der Waals surface area contributed by atoms with Crippen molar-refractivity contribution in [1.29, 1.82) is 0 Å². The molecule has 2 heterocycles. The van der Waals surface area contributed by atoms with Gasteiger partial charge in [-0.1, -0.05) is 6.07 Å². The molecule has 0 bridgehead atoms. The zero-order valence-corrected chi connectivity index (χ0v) is 14.4. The van der Waals surface area contributed by atoms with Gasteiger partial charge in [0.15, 0.2) is 0 Å². The molecule has 118 valence electrons. The molecule has 2 atom stereocenters. The third-order valence-corrected chi connectivity index (χ3v) is 6.00. The molecule has 7 heteroatoms. The molecule has 0 radical (unpaired) electrons. The molecule has 3 rings (SSSR count). The monoisotopic (exact) mass is 356 g/mol. The van der Waals surface area contributed by atoms with Crippen LogP contribution in [-0.2, 0) is 16.1 Å². The van der Waals surface area contributed by atoms with E-state index in [9.17, 15) is 9.59 Å². The van der Waals surface area contributed by atoms with Gasteiger partial charge >= 0.3 is 0 Å². The average Bonchev–Trinajstić information content (AvgIpc) is 2.82. The van der Waals surface area contributed by atoms with Crippen LogP contribution in [0.25, 0.3) is 0 Å². The molecule has 1 aromatic rings. The first-order valence-electron chi connectivity index (χ1n) is 7.19. The maximum Gasteiger partial charge on any atom is 0.243 e. The Hall–Kier alpha value is -0.690. The minimum Gasteiger partial charge on any atom is -0.295 e. The lowest BCUT2D eigenvalue weighted by Crippen LogP contribution is -2.51. The molecule has 1 N–H and O–H groups in total.